The Kier molecular flexibility index (Phi) is 4.27. The normalized spacial score (nSPS) is 14.0. The third kappa shape index (κ3) is 3.23. The first kappa shape index (κ1) is 16.1. The molecule has 1 fully saturated rings. The Morgan fingerprint density at radius 3 is 2.92 bits per heavy atom. The van der Waals surface area contributed by atoms with Gasteiger partial charge in [-0.25, -0.2) is 9.66 Å². The highest BCUT2D eigenvalue weighted by Gasteiger charge is 2.21. The molecule has 2 heterocycles. The van der Waals surface area contributed by atoms with Gasteiger partial charge in [0.15, 0.2) is 6.61 Å². The SMILES string of the molecule is O=C(COc1cccc(N2CCCC2=O)c1)Nn1cnc2ccccc21. The summed E-state index contributed by atoms with van der Waals surface area (Å²) in [5, 5.41) is 0. The zero-order valence-corrected chi connectivity index (χ0v) is 14.1. The van der Waals surface area contributed by atoms with Crippen LogP contribution in [0.5, 0.6) is 5.75 Å². The molecule has 26 heavy (non-hydrogen) atoms. The smallest absolute Gasteiger partial charge is 0.276 e. The monoisotopic (exact) mass is 350 g/mol. The summed E-state index contributed by atoms with van der Waals surface area (Å²) >= 11 is 0. The average molecular weight is 350 g/mol. The number of nitrogens with zero attached hydrogens (tertiary/aromatic N) is 3. The molecule has 132 valence electrons. The topological polar surface area (TPSA) is 76.5 Å². The van der Waals surface area contributed by atoms with Crippen LogP contribution < -0.4 is 15.1 Å². The molecule has 0 aliphatic carbocycles. The third-order valence-electron chi connectivity index (χ3n) is 4.27. The van der Waals surface area contributed by atoms with Crippen LogP contribution in [0.4, 0.5) is 5.69 Å². The number of para-hydroxylation sites is 2. The molecule has 1 saturated heterocycles. The molecule has 0 unspecified atom stereocenters. The van der Waals surface area contributed by atoms with Crippen molar-refractivity contribution in [1.29, 1.82) is 0 Å². The van der Waals surface area contributed by atoms with Crippen molar-refractivity contribution < 1.29 is 14.3 Å². The van der Waals surface area contributed by atoms with Crippen molar-refractivity contribution in [2.45, 2.75) is 12.8 Å². The zero-order chi connectivity index (χ0) is 17.9. The Balaban J connectivity index is 1.39. The summed E-state index contributed by atoms with van der Waals surface area (Å²) in [5.74, 6) is 0.371. The maximum Gasteiger partial charge on any atom is 0.276 e. The lowest BCUT2D eigenvalue weighted by atomic mass is 10.3. The van der Waals surface area contributed by atoms with Gasteiger partial charge in [-0.15, -0.1) is 0 Å². The van der Waals surface area contributed by atoms with Gasteiger partial charge >= 0.3 is 0 Å². The minimum absolute atomic E-state index is 0.117. The molecule has 7 nitrogen and oxygen atoms in total. The first-order valence-corrected chi connectivity index (χ1v) is 8.46. The van der Waals surface area contributed by atoms with Gasteiger partial charge < -0.3 is 9.64 Å². The van der Waals surface area contributed by atoms with Crippen molar-refractivity contribution >= 4 is 28.5 Å². The van der Waals surface area contributed by atoms with Gasteiger partial charge in [0.1, 0.15) is 12.1 Å². The van der Waals surface area contributed by atoms with E-state index in [9.17, 15) is 9.59 Å². The highest BCUT2D eigenvalue weighted by molar-refractivity contribution is 5.95. The predicted octanol–water partition coefficient (Wildman–Crippen LogP) is 2.31. The Hall–Kier alpha value is -3.35. The van der Waals surface area contributed by atoms with Gasteiger partial charge in [0.25, 0.3) is 5.91 Å². The van der Waals surface area contributed by atoms with Crippen LogP contribution in [0, 0.1) is 0 Å². The number of carbonyl (C=O) groups is 2. The van der Waals surface area contributed by atoms with Crippen LogP contribution in [0.1, 0.15) is 12.8 Å². The van der Waals surface area contributed by atoms with E-state index in [0.717, 1.165) is 29.7 Å². The quantitative estimate of drug-likeness (QED) is 0.766. The number of hydrogen-bond donors (Lipinski definition) is 1. The number of benzene rings is 2. The van der Waals surface area contributed by atoms with Crippen LogP contribution in [0.2, 0.25) is 0 Å². The van der Waals surface area contributed by atoms with Crippen molar-refractivity contribution in [2.75, 3.05) is 23.5 Å². The summed E-state index contributed by atoms with van der Waals surface area (Å²) in [7, 11) is 0. The number of amides is 2. The Morgan fingerprint density at radius 1 is 1.19 bits per heavy atom. The standard InChI is InChI=1S/C19H18N4O3/c24-18(21-23-13-20-16-7-1-2-8-17(16)23)12-26-15-6-3-5-14(11-15)22-10-4-9-19(22)25/h1-3,5-8,11,13H,4,9-10,12H2,(H,21,24). The van der Waals surface area contributed by atoms with Crippen LogP contribution in [0.25, 0.3) is 11.0 Å². The van der Waals surface area contributed by atoms with Crippen molar-refractivity contribution in [1.82, 2.24) is 9.66 Å². The summed E-state index contributed by atoms with van der Waals surface area (Å²) < 4.78 is 7.15. The molecular weight excluding hydrogens is 332 g/mol. The van der Waals surface area contributed by atoms with Gasteiger partial charge in [-0.1, -0.05) is 18.2 Å². The maximum absolute atomic E-state index is 12.2. The summed E-state index contributed by atoms with van der Waals surface area (Å²) in [6.07, 6.45) is 3.00. The molecule has 0 spiro atoms. The molecule has 7 heteroatoms. The number of ether oxygens (including phenoxy) is 1. The van der Waals surface area contributed by atoms with Crippen LogP contribution in [-0.2, 0) is 9.59 Å². The Labute approximate surface area is 150 Å². The molecule has 0 saturated carbocycles. The van der Waals surface area contributed by atoms with E-state index in [0.29, 0.717) is 12.2 Å². The van der Waals surface area contributed by atoms with Crippen molar-refractivity contribution in [2.24, 2.45) is 0 Å². The van der Waals surface area contributed by atoms with Crippen LogP contribution in [-0.4, -0.2) is 34.6 Å². The largest absolute Gasteiger partial charge is 0.484 e. The third-order valence-corrected chi connectivity index (χ3v) is 4.27. The molecule has 1 aliphatic heterocycles. The van der Waals surface area contributed by atoms with Crippen molar-refractivity contribution in [3.63, 3.8) is 0 Å². The molecule has 1 aromatic heterocycles. The molecule has 3 aromatic rings. The number of imidazole rings is 1. The van der Waals surface area contributed by atoms with Crippen LogP contribution >= 0.6 is 0 Å². The van der Waals surface area contributed by atoms with Crippen LogP contribution in [0.3, 0.4) is 0 Å². The highest BCUT2D eigenvalue weighted by Crippen LogP contribution is 2.25. The van der Waals surface area contributed by atoms with E-state index < -0.39 is 0 Å². The number of fused-ring (bicyclic) bond motifs is 1. The molecule has 0 radical (unpaired) electrons. The second kappa shape index (κ2) is 6.87. The highest BCUT2D eigenvalue weighted by atomic mass is 16.5. The fraction of sp³-hybridized carbons (Fsp3) is 0.211. The number of hydrogen-bond acceptors (Lipinski definition) is 4. The molecule has 4 rings (SSSR count). The van der Waals surface area contributed by atoms with Gasteiger partial charge in [-0.3, -0.25) is 15.0 Å². The average Bonchev–Trinajstić information content (AvgIpc) is 3.27. The Bertz CT molecular complexity index is 966. The zero-order valence-electron chi connectivity index (χ0n) is 14.1. The molecule has 1 aliphatic rings. The summed E-state index contributed by atoms with van der Waals surface area (Å²) in [5.41, 5.74) is 5.15. The summed E-state index contributed by atoms with van der Waals surface area (Å²) in [6, 6.07) is 14.8. The molecule has 2 amide bonds. The van der Waals surface area contributed by atoms with Gasteiger partial charge in [-0.05, 0) is 30.7 Å². The minimum atomic E-state index is -0.296. The van der Waals surface area contributed by atoms with Gasteiger partial charge in [0.2, 0.25) is 5.91 Å². The predicted molar refractivity (Wildman–Crippen MR) is 97.6 cm³/mol. The number of aromatic nitrogens is 2. The number of rotatable bonds is 5. The first-order valence-electron chi connectivity index (χ1n) is 8.46. The van der Waals surface area contributed by atoms with E-state index in [1.54, 1.807) is 28.0 Å². The van der Waals surface area contributed by atoms with Crippen LogP contribution in [0.15, 0.2) is 54.9 Å². The summed E-state index contributed by atoms with van der Waals surface area (Å²) in [4.78, 5) is 30.0. The van der Waals surface area contributed by atoms with Gasteiger partial charge in [-0.2, -0.15) is 0 Å². The lowest BCUT2D eigenvalue weighted by Crippen LogP contribution is -2.27. The van der Waals surface area contributed by atoms with Crippen molar-refractivity contribution in [3.8, 4) is 5.75 Å². The van der Waals surface area contributed by atoms with E-state index in [4.69, 9.17) is 4.74 Å². The fourth-order valence-corrected chi connectivity index (χ4v) is 3.03. The molecule has 2 aromatic carbocycles. The minimum Gasteiger partial charge on any atom is -0.484 e. The molecule has 1 N–H and O–H groups in total. The number of anilines is 1. The Morgan fingerprint density at radius 2 is 2.08 bits per heavy atom. The van der Waals surface area contributed by atoms with E-state index in [-0.39, 0.29) is 18.4 Å². The van der Waals surface area contributed by atoms with E-state index in [2.05, 4.69) is 10.4 Å². The second-order valence-electron chi connectivity index (χ2n) is 6.07. The second-order valence-corrected chi connectivity index (χ2v) is 6.07. The van der Waals surface area contributed by atoms with E-state index >= 15 is 0 Å². The number of nitrogens with one attached hydrogen (secondary N) is 1. The lowest BCUT2D eigenvalue weighted by Gasteiger charge is -2.16. The van der Waals surface area contributed by atoms with E-state index in [1.807, 2.05) is 36.4 Å². The van der Waals surface area contributed by atoms with Gasteiger partial charge in [0, 0.05) is 24.7 Å². The number of carbonyl (C=O) groups excluding carboxylic acids is 2. The van der Waals surface area contributed by atoms with E-state index in [1.165, 1.54) is 0 Å². The maximum atomic E-state index is 12.2. The molecular formula is C19H18N4O3. The molecule has 0 bridgehead atoms. The lowest BCUT2D eigenvalue weighted by molar-refractivity contribution is -0.119. The fourth-order valence-electron chi connectivity index (χ4n) is 3.03. The molecule has 0 atom stereocenters. The van der Waals surface area contributed by atoms with Crippen molar-refractivity contribution in [3.05, 3.63) is 54.9 Å². The summed E-state index contributed by atoms with van der Waals surface area (Å²) in [6.45, 7) is 0.584. The first-order chi connectivity index (χ1) is 12.7. The van der Waals surface area contributed by atoms with Gasteiger partial charge in [0.05, 0.1) is 11.0 Å².